The number of carboxylic acid groups (broad SMARTS) is 1. The van der Waals surface area contributed by atoms with Gasteiger partial charge in [0.05, 0.1) is 41.2 Å². The van der Waals surface area contributed by atoms with E-state index in [2.05, 4.69) is 49.2 Å². The number of aliphatic hydroxyl groups is 4. The van der Waals surface area contributed by atoms with Crippen LogP contribution in [0.5, 0.6) is 5.75 Å². The van der Waals surface area contributed by atoms with Crippen molar-refractivity contribution in [2.24, 2.45) is 27.8 Å². The molecule has 9 aromatic rings. The number of aromatic amines is 1. The lowest BCUT2D eigenvalue weighted by Crippen LogP contribution is -2.82. The number of azide groups is 1. The molecule has 119 heavy (non-hydrogen) atoms. The van der Waals surface area contributed by atoms with Crippen molar-refractivity contribution in [2.75, 3.05) is 26.4 Å². The van der Waals surface area contributed by atoms with E-state index in [0.717, 1.165) is 69.2 Å². The number of carbonyl (C=O) groups is 8. The van der Waals surface area contributed by atoms with Crippen LogP contribution in [0, 0.1) is 22.7 Å². The molecule has 622 valence electrons. The number of rotatable bonds is 24. The van der Waals surface area contributed by atoms with E-state index < -0.39 is 137 Å². The van der Waals surface area contributed by atoms with Crippen LogP contribution in [0.2, 0.25) is 0 Å². The van der Waals surface area contributed by atoms with Gasteiger partial charge in [-0.25, -0.2) is 19.2 Å². The number of hydrogen-bond donors (Lipinski definition) is 9. The summed E-state index contributed by atoms with van der Waals surface area (Å²) in [7, 11) is 0. The van der Waals surface area contributed by atoms with Crippen LogP contribution in [0.4, 0.5) is 10.5 Å². The molecule has 2 heterocycles. The lowest BCUT2D eigenvalue weighted by Gasteiger charge is -2.67. The van der Waals surface area contributed by atoms with E-state index >= 15 is 4.79 Å². The number of aliphatic hydroxyl groups excluding tert-OH is 3. The van der Waals surface area contributed by atoms with E-state index in [4.69, 9.17) is 38.7 Å². The number of aromatic nitrogens is 1. The summed E-state index contributed by atoms with van der Waals surface area (Å²) < 4.78 is 41.7. The number of H-pyrrole nitrogens is 1. The maximum absolute atomic E-state index is 15.5. The highest BCUT2D eigenvalue weighted by Gasteiger charge is 2.78. The third kappa shape index (κ3) is 17.9. The van der Waals surface area contributed by atoms with Gasteiger partial charge in [0.2, 0.25) is 0 Å². The summed E-state index contributed by atoms with van der Waals surface area (Å²) >= 11 is 0. The normalized spacial score (nSPS) is 22.9. The van der Waals surface area contributed by atoms with Gasteiger partial charge in [-0.05, 0) is 133 Å². The first-order valence-corrected chi connectivity index (χ1v) is 39.5. The molecule has 4 aliphatic carbocycles. The predicted molar refractivity (Wildman–Crippen MR) is 440 cm³/mol. The third-order valence-electron chi connectivity index (χ3n) is 23.6. The summed E-state index contributed by atoms with van der Waals surface area (Å²) in [6.45, 7) is 16.6. The van der Waals surface area contributed by atoms with Gasteiger partial charge < -0.3 is 79.6 Å². The molecule has 1 saturated heterocycles. The van der Waals surface area contributed by atoms with Crippen LogP contribution >= 0.6 is 0 Å². The zero-order valence-electron chi connectivity index (χ0n) is 67.7. The van der Waals surface area contributed by atoms with Crippen molar-refractivity contribution in [2.45, 2.75) is 166 Å². The molecule has 14 rings (SSSR count). The second kappa shape index (κ2) is 36.0. The minimum absolute atomic E-state index is 0.00289. The molecule has 13 atom stereocenters. The average Bonchev–Trinajstić information content (AvgIpc) is 1.03. The van der Waals surface area contributed by atoms with Crippen LogP contribution in [-0.2, 0) is 57.9 Å². The van der Waals surface area contributed by atoms with Crippen molar-refractivity contribution < 1.29 is 97.0 Å². The number of nitrogens with one attached hydrogen (secondary N) is 4. The SMILES string of the molecule is CC(=O)O[C@H]1C(=O)[C@@]2(C)[C@H]([C@H](OC(=O)c3ccccc3)[C@]3(O)C[C@H](OC(=O)[C@H](O)[C@@H](NC(=O)c4ccccc4)c4ccccc4)C(C)=C1C3(C)C)[C@]1(OC(C)=O)CO[C@@H]1C[C@@H]2O.CC(C)(NCC(O)COc1cccc2[nH]c3ccccc3c12)c1ccc(N=[N+]=[N-])cc1.CC(C)C[C@H](NC(=O)OCC1c2ccccc2-c2ccccc21)C(=O)O. The molecule has 3 fully saturated rings. The number of aliphatic carboxylic acids is 1. The first-order chi connectivity index (χ1) is 56.7. The Kier molecular flexibility index (Phi) is 26.1. The number of nitrogens with zero attached hydrogens (tertiary/aromatic N) is 3. The quantitative estimate of drug-likeness (QED) is 0.00677. The van der Waals surface area contributed by atoms with Crippen molar-refractivity contribution in [1.29, 1.82) is 0 Å². The van der Waals surface area contributed by atoms with Crippen LogP contribution < -0.4 is 20.7 Å². The number of para-hydroxylation sites is 1. The summed E-state index contributed by atoms with van der Waals surface area (Å²) in [6.07, 6.45) is -11.5. The fourth-order valence-corrected chi connectivity index (χ4v) is 17.4. The monoisotopic (exact) mass is 1620 g/mol. The number of carboxylic acids is 1. The number of amides is 2. The summed E-state index contributed by atoms with van der Waals surface area (Å²) in [6, 6.07) is 59.5. The molecule has 2 amide bonds. The molecular weight excluding hydrogens is 1520 g/mol. The highest BCUT2D eigenvalue weighted by atomic mass is 16.6. The molecule has 5 aliphatic rings. The fraction of sp³-hybridized carbons (Fsp3) is 0.370. The Morgan fingerprint density at radius 2 is 1.32 bits per heavy atom. The lowest BCUT2D eigenvalue weighted by atomic mass is 9.44. The number of ketones is 1. The van der Waals surface area contributed by atoms with E-state index in [1.165, 1.54) is 26.0 Å². The highest BCUT2D eigenvalue weighted by Crippen LogP contribution is 2.65. The molecular formula is C92H99N7O20. The van der Waals surface area contributed by atoms with Gasteiger partial charge >= 0.3 is 35.9 Å². The molecule has 0 spiro atoms. The lowest BCUT2D eigenvalue weighted by molar-refractivity contribution is -0.346. The van der Waals surface area contributed by atoms with Crippen LogP contribution in [0.1, 0.15) is 143 Å². The maximum atomic E-state index is 15.5. The number of hydrogen-bond acceptors (Lipinski definition) is 21. The summed E-state index contributed by atoms with van der Waals surface area (Å²) in [4.78, 5) is 113. The van der Waals surface area contributed by atoms with Gasteiger partial charge in [-0.15, -0.1) is 0 Å². The summed E-state index contributed by atoms with van der Waals surface area (Å²) in [5, 5.41) is 71.6. The standard InChI is InChI=1S/C47H51NO14.C24H25N5O2.C21H23NO4/c1-25-31(60-43(56)36(52)35(28-16-10-7-11-17-28)48-41(54)29-18-12-8-13-19-29)23-47(57)40(61-42(55)30-20-14-9-15-21-30)38-45(6,32(51)22-33-46(38,24-58-33)62-27(3)50)39(53)37(59-26(2)49)34(25)44(47,4)5;1-24(2,16-10-12-17(13-11-16)28-29-25)26-14-18(30)15-31-22-9-5-8-21-23(22)19-6-3-4-7-20(19)27-21;1-13(2)11-19(20(23)24)22-21(25)26-12-18-16-9-5-3-7-14(16)15-8-4-6-10-17(15)18/h7-21,31-33,35-38,40,51-52,57H,22-24H2,1-6H3,(H,48,54);3-13,18,26-27,30H,14-15H2,1-2H3;3-10,13,18-19H,11-12H2,1-2H3,(H,22,25)(H,23,24)/t31-,32-,33+,35-,36+,37+,38-,40-,45+,46-,47+;;19-/m0.0/s1. The van der Waals surface area contributed by atoms with Gasteiger partial charge in [-0.1, -0.05) is 197 Å². The van der Waals surface area contributed by atoms with Gasteiger partial charge in [0.15, 0.2) is 23.6 Å². The van der Waals surface area contributed by atoms with Gasteiger partial charge in [0.25, 0.3) is 5.91 Å². The number of benzene rings is 8. The van der Waals surface area contributed by atoms with Crippen molar-refractivity contribution in [3.05, 3.63) is 261 Å². The average molecular weight is 1620 g/mol. The predicted octanol–water partition coefficient (Wildman–Crippen LogP) is 13.3. The number of ether oxygens (including phenoxy) is 7. The summed E-state index contributed by atoms with van der Waals surface area (Å²) in [5.41, 5.74) is 9.37. The number of alkyl carbamates (subject to hydrolysis) is 1. The molecule has 27 heteroatoms. The molecule has 1 aromatic heterocycles. The molecule has 27 nitrogen and oxygen atoms in total. The zero-order valence-corrected chi connectivity index (χ0v) is 67.7. The minimum Gasteiger partial charge on any atom is -0.490 e. The van der Waals surface area contributed by atoms with E-state index in [9.17, 15) is 59.1 Å². The Labute approximate surface area is 688 Å². The highest BCUT2D eigenvalue weighted by molar-refractivity contribution is 6.10. The molecule has 9 N–H and O–H groups in total. The molecule has 1 aliphatic heterocycles. The van der Waals surface area contributed by atoms with Crippen LogP contribution in [0.3, 0.4) is 0 Å². The first-order valence-electron chi connectivity index (χ1n) is 39.5. The van der Waals surface area contributed by atoms with Crippen LogP contribution in [-0.4, -0.2) is 164 Å². The van der Waals surface area contributed by atoms with Crippen molar-refractivity contribution in [3.63, 3.8) is 0 Å². The Morgan fingerprint density at radius 1 is 0.723 bits per heavy atom. The van der Waals surface area contributed by atoms with E-state index in [1.807, 2.05) is 113 Å². The van der Waals surface area contributed by atoms with Gasteiger partial charge in [0, 0.05) is 82.6 Å². The molecule has 8 aromatic carbocycles. The van der Waals surface area contributed by atoms with Crippen molar-refractivity contribution >= 4 is 75.1 Å². The Hall–Kier alpha value is -12.1. The number of fused-ring (bicyclic) bond motifs is 11. The number of Topliss-reactive ketones (excluding diaryl/α,β-unsaturated/α-hetero) is 1. The van der Waals surface area contributed by atoms with Crippen LogP contribution in [0.25, 0.3) is 43.4 Å². The number of carbonyl (C=O) groups excluding carboxylic acids is 7. The summed E-state index contributed by atoms with van der Waals surface area (Å²) in [5.74, 6) is -7.02. The van der Waals surface area contributed by atoms with E-state index in [-0.39, 0.29) is 65.9 Å². The van der Waals surface area contributed by atoms with Crippen molar-refractivity contribution in [3.8, 4) is 16.9 Å². The smallest absolute Gasteiger partial charge is 0.407 e. The second-order valence-electron chi connectivity index (χ2n) is 32.4. The zero-order chi connectivity index (χ0) is 85.5. The van der Waals surface area contributed by atoms with Crippen LogP contribution in [0.15, 0.2) is 223 Å². The van der Waals surface area contributed by atoms with Crippen molar-refractivity contribution in [1.82, 2.24) is 20.9 Å². The third-order valence-corrected chi connectivity index (χ3v) is 23.6. The molecule has 1 unspecified atom stereocenters. The Balaban J connectivity index is 0.000000188. The van der Waals surface area contributed by atoms with E-state index in [0.29, 0.717) is 24.2 Å². The van der Waals surface area contributed by atoms with Gasteiger partial charge in [0.1, 0.15) is 55.0 Å². The molecule has 0 radical (unpaired) electrons. The second-order valence-corrected chi connectivity index (χ2v) is 32.4. The Morgan fingerprint density at radius 3 is 1.92 bits per heavy atom. The topological polar surface area (TPSA) is 403 Å². The fourth-order valence-electron chi connectivity index (χ4n) is 17.4. The minimum atomic E-state index is -2.39. The number of esters is 4. The van der Waals surface area contributed by atoms with Gasteiger partial charge in [-0.2, -0.15) is 0 Å². The maximum Gasteiger partial charge on any atom is 0.407 e. The molecule has 2 bridgehead atoms. The molecule has 2 saturated carbocycles. The first kappa shape index (κ1) is 86.3. The van der Waals surface area contributed by atoms with E-state index in [1.54, 1.807) is 105 Å². The van der Waals surface area contributed by atoms with Gasteiger partial charge in [-0.3, -0.25) is 19.2 Å². The largest absolute Gasteiger partial charge is 0.490 e. The Bertz CT molecular complexity index is 5280.